The van der Waals surface area contributed by atoms with Crippen LogP contribution in [0.4, 0.5) is 0 Å². The molecule has 0 spiro atoms. The van der Waals surface area contributed by atoms with Crippen molar-refractivity contribution >= 4 is 17.9 Å². The Morgan fingerprint density at radius 3 is 0.918 bits per heavy atom. The van der Waals surface area contributed by atoms with Gasteiger partial charge in [0.15, 0.2) is 6.10 Å². The maximum absolute atomic E-state index is 12.8. The van der Waals surface area contributed by atoms with Gasteiger partial charge in [0, 0.05) is 19.3 Å². The van der Waals surface area contributed by atoms with E-state index in [1.807, 2.05) is 0 Å². The minimum absolute atomic E-state index is 0.0745. The van der Waals surface area contributed by atoms with Crippen molar-refractivity contribution in [1.29, 1.82) is 0 Å². The first-order chi connectivity index (χ1) is 30.0. The Hall–Kier alpha value is -2.11. The summed E-state index contributed by atoms with van der Waals surface area (Å²) in [6.45, 7) is 6.60. The Kier molecular flexibility index (Phi) is 48.8. The van der Waals surface area contributed by atoms with Gasteiger partial charge >= 0.3 is 17.9 Å². The molecule has 6 heteroatoms. The summed E-state index contributed by atoms with van der Waals surface area (Å²) in [5.74, 6) is -0.887. The van der Waals surface area contributed by atoms with E-state index in [-0.39, 0.29) is 31.1 Å². The first kappa shape index (κ1) is 58.9. The molecule has 0 rings (SSSR count). The molecule has 0 aromatic heterocycles. The smallest absolute Gasteiger partial charge is 0.306 e. The van der Waals surface area contributed by atoms with Crippen LogP contribution in [0.1, 0.15) is 290 Å². The Morgan fingerprint density at radius 2 is 0.590 bits per heavy atom. The summed E-state index contributed by atoms with van der Waals surface area (Å²) in [6, 6.07) is 0. The number of carbonyl (C=O) groups is 3. The summed E-state index contributed by atoms with van der Waals surface area (Å²) in [5, 5.41) is 0. The molecule has 0 amide bonds. The second-order valence-corrected chi connectivity index (χ2v) is 18.2. The highest BCUT2D eigenvalue weighted by Crippen LogP contribution is 2.17. The maximum Gasteiger partial charge on any atom is 0.306 e. The summed E-state index contributed by atoms with van der Waals surface area (Å²) in [7, 11) is 0. The van der Waals surface area contributed by atoms with Gasteiger partial charge in [0.05, 0.1) is 0 Å². The predicted molar refractivity (Wildman–Crippen MR) is 261 cm³/mol. The molecule has 0 N–H and O–H groups in total. The van der Waals surface area contributed by atoms with Crippen LogP contribution in [0.2, 0.25) is 0 Å². The van der Waals surface area contributed by atoms with Gasteiger partial charge in [-0.25, -0.2) is 0 Å². The molecule has 6 nitrogen and oxygen atoms in total. The standard InChI is InChI=1S/C55H102O6/c1-4-7-10-13-16-19-22-24-26-27-28-29-31-33-36-39-42-45-48-54(57)60-51-52(50-59-53(56)47-44-41-38-35-32-21-18-15-12-9-6-3)61-55(58)49-46-43-40-37-34-30-25-23-20-17-14-11-8-5-2/h15,18,21,32,52H,4-14,16-17,19-20,22-31,33-51H2,1-3H3/b18-15-,32-21-. The Morgan fingerprint density at radius 1 is 0.328 bits per heavy atom. The van der Waals surface area contributed by atoms with Crippen molar-refractivity contribution in [2.45, 2.75) is 297 Å². The predicted octanol–water partition coefficient (Wildman–Crippen LogP) is 17.5. The SMILES string of the molecule is CCCC/C=C\C=C/CCCCCC(=O)OCC(COC(=O)CCCCCCCCCCCCCCCCCCCC)OC(=O)CCCCCCCCCCCCCCCC. The maximum atomic E-state index is 12.8. The average Bonchev–Trinajstić information content (AvgIpc) is 3.26. The van der Waals surface area contributed by atoms with Gasteiger partial charge in [-0.05, 0) is 38.5 Å². The lowest BCUT2D eigenvalue weighted by Crippen LogP contribution is -2.30. The highest BCUT2D eigenvalue weighted by molar-refractivity contribution is 5.71. The molecule has 0 radical (unpaired) electrons. The van der Waals surface area contributed by atoms with E-state index in [2.05, 4.69) is 45.1 Å². The second kappa shape index (κ2) is 50.5. The van der Waals surface area contributed by atoms with Crippen molar-refractivity contribution in [3.8, 4) is 0 Å². The zero-order valence-electron chi connectivity index (χ0n) is 40.9. The number of allylic oxidation sites excluding steroid dienone is 4. The molecule has 0 fully saturated rings. The summed E-state index contributed by atoms with van der Waals surface area (Å²) in [6.07, 6.45) is 57.4. The first-order valence-corrected chi connectivity index (χ1v) is 26.9. The first-order valence-electron chi connectivity index (χ1n) is 26.9. The molecule has 0 saturated heterocycles. The highest BCUT2D eigenvalue weighted by Gasteiger charge is 2.19. The van der Waals surface area contributed by atoms with Crippen molar-refractivity contribution in [2.75, 3.05) is 13.2 Å². The van der Waals surface area contributed by atoms with E-state index in [4.69, 9.17) is 14.2 Å². The van der Waals surface area contributed by atoms with Crippen molar-refractivity contribution in [3.63, 3.8) is 0 Å². The molecule has 0 aromatic rings. The lowest BCUT2D eigenvalue weighted by molar-refractivity contribution is -0.167. The van der Waals surface area contributed by atoms with Crippen molar-refractivity contribution < 1.29 is 28.6 Å². The number of hydrogen-bond donors (Lipinski definition) is 0. The van der Waals surface area contributed by atoms with Gasteiger partial charge in [-0.2, -0.15) is 0 Å². The molecule has 0 aliphatic carbocycles. The quantitative estimate of drug-likeness (QED) is 0.0262. The Bertz CT molecular complexity index is 989. The minimum atomic E-state index is -0.775. The van der Waals surface area contributed by atoms with Gasteiger partial charge in [0.25, 0.3) is 0 Å². The Labute approximate surface area is 379 Å². The molecule has 0 bridgehead atoms. The van der Waals surface area contributed by atoms with Crippen molar-refractivity contribution in [1.82, 2.24) is 0 Å². The molecule has 0 aliphatic rings. The van der Waals surface area contributed by atoms with Crippen LogP contribution in [0, 0.1) is 0 Å². The minimum Gasteiger partial charge on any atom is -0.462 e. The fraction of sp³-hybridized carbons (Fsp3) is 0.873. The van der Waals surface area contributed by atoms with E-state index in [9.17, 15) is 14.4 Å². The lowest BCUT2D eigenvalue weighted by atomic mass is 10.0. The summed E-state index contributed by atoms with van der Waals surface area (Å²) < 4.78 is 16.8. The van der Waals surface area contributed by atoms with Crippen molar-refractivity contribution in [3.05, 3.63) is 24.3 Å². The van der Waals surface area contributed by atoms with Crippen LogP contribution in [0.15, 0.2) is 24.3 Å². The van der Waals surface area contributed by atoms with E-state index in [1.165, 1.54) is 180 Å². The van der Waals surface area contributed by atoms with Crippen LogP contribution < -0.4 is 0 Å². The van der Waals surface area contributed by atoms with Crippen LogP contribution in [-0.2, 0) is 28.6 Å². The van der Waals surface area contributed by atoms with Gasteiger partial charge in [-0.3, -0.25) is 14.4 Å². The van der Waals surface area contributed by atoms with E-state index < -0.39 is 6.10 Å². The summed E-state index contributed by atoms with van der Waals surface area (Å²) >= 11 is 0. The molecular formula is C55H102O6. The number of esters is 3. The zero-order valence-corrected chi connectivity index (χ0v) is 40.9. The molecule has 1 atom stereocenters. The third kappa shape index (κ3) is 48.8. The van der Waals surface area contributed by atoms with Crippen LogP contribution in [-0.4, -0.2) is 37.2 Å². The van der Waals surface area contributed by atoms with Gasteiger partial charge in [-0.1, -0.05) is 257 Å². The normalized spacial score (nSPS) is 12.1. The lowest BCUT2D eigenvalue weighted by Gasteiger charge is -2.18. The van der Waals surface area contributed by atoms with Crippen LogP contribution in [0.3, 0.4) is 0 Å². The van der Waals surface area contributed by atoms with Crippen LogP contribution in [0.25, 0.3) is 0 Å². The molecule has 0 saturated carbocycles. The summed E-state index contributed by atoms with van der Waals surface area (Å²) in [5.41, 5.74) is 0. The third-order valence-corrected chi connectivity index (χ3v) is 12.0. The van der Waals surface area contributed by atoms with E-state index in [0.717, 1.165) is 70.6 Å². The van der Waals surface area contributed by atoms with Gasteiger partial charge in [-0.15, -0.1) is 0 Å². The molecule has 0 heterocycles. The average molecular weight is 859 g/mol. The van der Waals surface area contributed by atoms with Gasteiger partial charge in [0.1, 0.15) is 13.2 Å². The number of rotatable bonds is 49. The van der Waals surface area contributed by atoms with E-state index >= 15 is 0 Å². The molecule has 61 heavy (non-hydrogen) atoms. The van der Waals surface area contributed by atoms with Gasteiger partial charge in [0.2, 0.25) is 0 Å². The molecule has 0 aromatic carbocycles. The number of hydrogen-bond acceptors (Lipinski definition) is 6. The topological polar surface area (TPSA) is 78.9 Å². The molecule has 1 unspecified atom stereocenters. The Balaban J connectivity index is 4.30. The molecular weight excluding hydrogens is 757 g/mol. The highest BCUT2D eigenvalue weighted by atomic mass is 16.6. The number of ether oxygens (including phenoxy) is 3. The monoisotopic (exact) mass is 859 g/mol. The second-order valence-electron chi connectivity index (χ2n) is 18.2. The largest absolute Gasteiger partial charge is 0.462 e. The number of unbranched alkanes of at least 4 members (excludes halogenated alkanes) is 35. The van der Waals surface area contributed by atoms with Gasteiger partial charge < -0.3 is 14.2 Å². The fourth-order valence-electron chi connectivity index (χ4n) is 7.89. The van der Waals surface area contributed by atoms with Crippen LogP contribution >= 0.6 is 0 Å². The van der Waals surface area contributed by atoms with Crippen LogP contribution in [0.5, 0.6) is 0 Å². The van der Waals surface area contributed by atoms with E-state index in [0.29, 0.717) is 19.3 Å². The summed E-state index contributed by atoms with van der Waals surface area (Å²) in [4.78, 5) is 37.9. The molecule has 358 valence electrons. The fourth-order valence-corrected chi connectivity index (χ4v) is 7.89. The van der Waals surface area contributed by atoms with Crippen molar-refractivity contribution in [2.24, 2.45) is 0 Å². The molecule has 0 aliphatic heterocycles. The van der Waals surface area contributed by atoms with E-state index in [1.54, 1.807) is 0 Å². The number of carbonyl (C=O) groups excluding carboxylic acids is 3. The third-order valence-electron chi connectivity index (χ3n) is 12.0. The zero-order chi connectivity index (χ0) is 44.4.